The summed E-state index contributed by atoms with van der Waals surface area (Å²) in [7, 11) is 1.93. The zero-order chi connectivity index (χ0) is 33.7. The second-order valence-electron chi connectivity index (χ2n) is 12.5. The van der Waals surface area contributed by atoms with Crippen LogP contribution in [-0.4, -0.2) is 48.9 Å². The number of hydrogen-bond acceptors (Lipinski definition) is 4. The molecule has 6 rings (SSSR count). The van der Waals surface area contributed by atoms with Crippen molar-refractivity contribution in [1.82, 2.24) is 19.2 Å². The van der Waals surface area contributed by atoms with Crippen molar-refractivity contribution in [2.75, 3.05) is 6.61 Å². The van der Waals surface area contributed by atoms with Gasteiger partial charge in [-0.15, -0.1) is 0 Å². The molecule has 0 saturated heterocycles. The molecule has 47 heavy (non-hydrogen) atoms. The number of aryl methyl sites for hydroxylation is 5. The van der Waals surface area contributed by atoms with Gasteiger partial charge in [-0.3, -0.25) is 9.48 Å². The predicted molar refractivity (Wildman–Crippen MR) is 186 cm³/mol. The first-order valence-corrected chi connectivity index (χ1v) is 16.5. The predicted octanol–water partition coefficient (Wildman–Crippen LogP) is 8.34. The highest BCUT2D eigenvalue weighted by molar-refractivity contribution is 6.35. The largest absolute Gasteiger partial charge is 0.494 e. The van der Waals surface area contributed by atoms with Crippen LogP contribution in [-0.2, 0) is 26.6 Å². The van der Waals surface area contributed by atoms with Crippen LogP contribution < -0.4 is 4.74 Å². The molecule has 0 radical (unpaired) electrons. The molecule has 0 spiro atoms. The number of hydrogen-bond donors (Lipinski definition) is 1. The van der Waals surface area contributed by atoms with Gasteiger partial charge in [-0.1, -0.05) is 41.4 Å². The Hall–Kier alpha value is -4.27. The van der Waals surface area contributed by atoms with Gasteiger partial charge >= 0.3 is 5.97 Å². The molecule has 1 aliphatic heterocycles. The quantitative estimate of drug-likeness (QED) is 0.159. The third-order valence-corrected chi connectivity index (χ3v) is 10.2. The molecule has 0 saturated carbocycles. The first-order chi connectivity index (χ1) is 22.4. The Morgan fingerprint density at radius 3 is 2.32 bits per heavy atom. The van der Waals surface area contributed by atoms with Gasteiger partial charge in [-0.05, 0) is 100 Å². The smallest absolute Gasteiger partial charge is 0.335 e. The fourth-order valence-corrected chi connectivity index (χ4v) is 7.21. The summed E-state index contributed by atoms with van der Waals surface area (Å²) in [6.07, 6.45) is 1.31. The van der Waals surface area contributed by atoms with E-state index < -0.39 is 5.97 Å². The second kappa shape index (κ2) is 12.7. The van der Waals surface area contributed by atoms with E-state index in [0.717, 1.165) is 66.4 Å². The van der Waals surface area contributed by atoms with E-state index in [1.807, 2.05) is 75.5 Å². The Morgan fingerprint density at radius 2 is 1.70 bits per heavy atom. The lowest BCUT2D eigenvalue weighted by atomic mass is 9.98. The van der Waals surface area contributed by atoms with Crippen LogP contribution in [0.4, 0.5) is 0 Å². The van der Waals surface area contributed by atoms with E-state index in [1.54, 1.807) is 24.3 Å². The van der Waals surface area contributed by atoms with Crippen molar-refractivity contribution < 1.29 is 19.4 Å². The Labute approximate surface area is 284 Å². The second-order valence-corrected chi connectivity index (χ2v) is 13.3. The molecule has 2 aromatic heterocycles. The lowest BCUT2D eigenvalue weighted by molar-refractivity contribution is 0.0595. The van der Waals surface area contributed by atoms with Gasteiger partial charge in [0.2, 0.25) is 0 Å². The van der Waals surface area contributed by atoms with E-state index in [-0.39, 0.29) is 17.5 Å². The topological polar surface area (TPSA) is 89.6 Å². The summed E-state index contributed by atoms with van der Waals surface area (Å²) >= 11 is 13.4. The monoisotopic (exact) mass is 672 g/mol. The molecule has 1 N–H and O–H groups in total. The lowest BCUT2D eigenvalue weighted by Crippen LogP contribution is -2.46. The number of ether oxygens (including phenoxy) is 1. The summed E-state index contributed by atoms with van der Waals surface area (Å²) in [5.74, 6) is -0.273. The molecule has 0 aliphatic carbocycles. The highest BCUT2D eigenvalue weighted by Crippen LogP contribution is 2.43. The lowest BCUT2D eigenvalue weighted by Gasteiger charge is -2.35. The first-order valence-electron chi connectivity index (χ1n) is 15.7. The minimum absolute atomic E-state index is 0.0659. The summed E-state index contributed by atoms with van der Waals surface area (Å²) in [6.45, 7) is 11.4. The SMILES string of the molecule is Cc1cc(OCCCc2c3n(c4c(-c5c(C)nn(C)c5C)c(Cl)ccc24)C[C@H](C)N(Cc2ccc(C(=O)O)cc2)C3=O)cc(C)c1Cl. The van der Waals surface area contributed by atoms with Gasteiger partial charge in [0.1, 0.15) is 11.4 Å². The van der Waals surface area contributed by atoms with Gasteiger partial charge in [0, 0.05) is 53.4 Å². The Balaban J connectivity index is 1.42. The van der Waals surface area contributed by atoms with Gasteiger partial charge in [-0.2, -0.15) is 5.10 Å². The molecule has 0 bridgehead atoms. The molecule has 5 aromatic rings. The van der Waals surface area contributed by atoms with Gasteiger partial charge in [0.25, 0.3) is 5.91 Å². The molecule has 0 fully saturated rings. The van der Waals surface area contributed by atoms with Crippen molar-refractivity contribution in [3.8, 4) is 16.9 Å². The minimum atomic E-state index is -0.980. The maximum atomic E-state index is 14.5. The van der Waals surface area contributed by atoms with Crippen LogP contribution in [0.3, 0.4) is 0 Å². The van der Waals surface area contributed by atoms with E-state index in [1.165, 1.54) is 0 Å². The normalized spacial score (nSPS) is 14.6. The van der Waals surface area contributed by atoms with E-state index in [9.17, 15) is 14.7 Å². The molecule has 1 atom stereocenters. The molecule has 0 unspecified atom stereocenters. The average molecular weight is 674 g/mol. The van der Waals surface area contributed by atoms with Crippen molar-refractivity contribution in [3.05, 3.63) is 103 Å². The number of amides is 1. The molecule has 1 aliphatic rings. The van der Waals surface area contributed by atoms with Crippen molar-refractivity contribution >= 4 is 46.0 Å². The third kappa shape index (κ3) is 5.89. The van der Waals surface area contributed by atoms with Crippen LogP contribution in [0.15, 0.2) is 48.5 Å². The fraction of sp³-hybridized carbons (Fsp3) is 0.324. The van der Waals surface area contributed by atoms with Crippen molar-refractivity contribution in [3.63, 3.8) is 0 Å². The number of rotatable bonds is 9. The van der Waals surface area contributed by atoms with Gasteiger partial charge in [0.05, 0.1) is 28.4 Å². The third-order valence-electron chi connectivity index (χ3n) is 9.28. The number of benzene rings is 3. The number of carbonyl (C=O) groups is 2. The summed E-state index contributed by atoms with van der Waals surface area (Å²) in [4.78, 5) is 27.8. The van der Waals surface area contributed by atoms with Gasteiger partial charge in [0.15, 0.2) is 0 Å². The van der Waals surface area contributed by atoms with Crippen molar-refractivity contribution in [2.45, 2.75) is 66.6 Å². The number of nitrogens with zero attached hydrogens (tertiary/aromatic N) is 4. The molecule has 3 aromatic carbocycles. The Bertz CT molecular complexity index is 2020. The number of halogens is 2. The summed E-state index contributed by atoms with van der Waals surface area (Å²) in [5.41, 5.74) is 9.32. The van der Waals surface area contributed by atoms with Crippen LogP contribution in [0.1, 0.15) is 67.8 Å². The molecule has 244 valence electrons. The standard InChI is InChI=1S/C37H38Cl2N4O4/c1-20-16-27(17-21(2)33(20)39)47-15-7-8-28-29-13-14-30(38)32(31-23(4)40-41(6)24(31)5)34(29)43-18-22(3)42(36(44)35(28)43)19-25-9-11-26(12-10-25)37(45)46/h9-14,16-17,22H,7-8,15,18-19H2,1-6H3,(H,45,46)/t22-/m0/s1. The molecular formula is C37H38Cl2N4O4. The molecule has 8 nitrogen and oxygen atoms in total. The van der Waals surface area contributed by atoms with E-state index in [4.69, 9.17) is 27.9 Å². The van der Waals surface area contributed by atoms with E-state index >= 15 is 0 Å². The molecule has 10 heteroatoms. The summed E-state index contributed by atoms with van der Waals surface area (Å²) in [6, 6.07) is 14.4. The summed E-state index contributed by atoms with van der Waals surface area (Å²) in [5, 5.41) is 16.4. The zero-order valence-corrected chi connectivity index (χ0v) is 29.0. The van der Waals surface area contributed by atoms with Crippen molar-refractivity contribution in [2.24, 2.45) is 7.05 Å². The number of fused-ring (bicyclic) bond motifs is 3. The average Bonchev–Trinajstić information content (AvgIpc) is 3.47. The van der Waals surface area contributed by atoms with E-state index in [0.29, 0.717) is 43.3 Å². The Kier molecular flexibility index (Phi) is 8.85. The molecule has 1 amide bonds. The van der Waals surface area contributed by atoms with Gasteiger partial charge < -0.3 is 19.3 Å². The van der Waals surface area contributed by atoms with Crippen LogP contribution in [0, 0.1) is 27.7 Å². The molecule has 3 heterocycles. The highest BCUT2D eigenvalue weighted by Gasteiger charge is 2.36. The van der Waals surface area contributed by atoms with Crippen molar-refractivity contribution in [1.29, 1.82) is 0 Å². The van der Waals surface area contributed by atoms with E-state index in [2.05, 4.69) is 9.67 Å². The van der Waals surface area contributed by atoms with Crippen LogP contribution in [0.2, 0.25) is 10.0 Å². The maximum Gasteiger partial charge on any atom is 0.335 e. The summed E-state index contributed by atoms with van der Waals surface area (Å²) < 4.78 is 10.2. The van der Waals surface area contributed by atoms with Crippen LogP contribution in [0.25, 0.3) is 22.0 Å². The number of carboxylic acids is 1. The number of aromatic nitrogens is 3. The first kappa shape index (κ1) is 32.7. The maximum absolute atomic E-state index is 14.5. The highest BCUT2D eigenvalue weighted by atomic mass is 35.5. The number of carbonyl (C=O) groups excluding carboxylic acids is 1. The minimum Gasteiger partial charge on any atom is -0.494 e. The number of carboxylic acid groups (broad SMARTS) is 1. The number of aromatic carboxylic acids is 1. The fourth-order valence-electron chi connectivity index (χ4n) is 6.85. The van der Waals surface area contributed by atoms with Crippen LogP contribution in [0.5, 0.6) is 5.75 Å². The zero-order valence-electron chi connectivity index (χ0n) is 27.4. The van der Waals surface area contributed by atoms with Gasteiger partial charge in [-0.25, -0.2) is 4.79 Å². The van der Waals surface area contributed by atoms with Crippen LogP contribution >= 0.6 is 23.2 Å². The Morgan fingerprint density at radius 1 is 1.02 bits per heavy atom. The molecular weight excluding hydrogens is 635 g/mol.